The Morgan fingerprint density at radius 1 is 1.03 bits per heavy atom. The van der Waals surface area contributed by atoms with Crippen molar-refractivity contribution >= 4 is 38.3 Å². The minimum atomic E-state index is -0.108. The van der Waals surface area contributed by atoms with Gasteiger partial charge in [-0.05, 0) is 56.4 Å². The summed E-state index contributed by atoms with van der Waals surface area (Å²) in [6.45, 7) is 8.14. The van der Waals surface area contributed by atoms with Gasteiger partial charge in [0.2, 0.25) is 0 Å². The lowest BCUT2D eigenvalue weighted by Gasteiger charge is -2.21. The molecule has 0 fully saturated rings. The van der Waals surface area contributed by atoms with Crippen molar-refractivity contribution in [3.8, 4) is 11.3 Å². The second kappa shape index (κ2) is 10.4. The van der Waals surface area contributed by atoms with E-state index in [0.29, 0.717) is 11.1 Å². The van der Waals surface area contributed by atoms with Gasteiger partial charge in [-0.25, -0.2) is 4.98 Å². The van der Waals surface area contributed by atoms with E-state index >= 15 is 0 Å². The van der Waals surface area contributed by atoms with Crippen LogP contribution >= 0.6 is 11.3 Å². The van der Waals surface area contributed by atoms with Crippen LogP contribution in [0.15, 0.2) is 48.7 Å². The van der Waals surface area contributed by atoms with Crippen LogP contribution in [0.25, 0.3) is 26.4 Å². The first kappa shape index (κ1) is 23.9. The van der Waals surface area contributed by atoms with Crippen LogP contribution in [0.5, 0.6) is 0 Å². The predicted octanol–water partition coefficient (Wildman–Crippen LogP) is 4.38. The smallest absolute Gasteiger partial charge is 0.253 e. The Hall–Kier alpha value is -3.23. The molecular weight excluding hydrogens is 446 g/mol. The Bertz CT molecular complexity index is 1300. The number of carbonyl (C=O) groups excluding carboxylic acids is 2. The first-order chi connectivity index (χ1) is 16.4. The molecule has 4 rings (SSSR count). The maximum atomic E-state index is 13.0. The van der Waals surface area contributed by atoms with Gasteiger partial charge in [-0.1, -0.05) is 37.3 Å². The fourth-order valence-corrected chi connectivity index (χ4v) is 5.15. The van der Waals surface area contributed by atoms with E-state index in [4.69, 9.17) is 4.98 Å². The van der Waals surface area contributed by atoms with Crippen molar-refractivity contribution in [3.63, 3.8) is 0 Å². The van der Waals surface area contributed by atoms with Crippen LogP contribution in [-0.4, -0.2) is 71.3 Å². The Kier molecular flexibility index (Phi) is 7.29. The zero-order chi connectivity index (χ0) is 24.2. The number of carbonyl (C=O) groups is 2. The summed E-state index contributed by atoms with van der Waals surface area (Å²) in [5.41, 5.74) is 4.15. The number of nitrogens with zero attached hydrogens (tertiary/aromatic N) is 4. The molecule has 2 aromatic heterocycles. The third kappa shape index (κ3) is 4.83. The highest BCUT2D eigenvalue weighted by atomic mass is 32.1. The van der Waals surface area contributed by atoms with Gasteiger partial charge in [-0.15, -0.1) is 0 Å². The molecule has 0 bridgehead atoms. The van der Waals surface area contributed by atoms with E-state index in [0.717, 1.165) is 59.0 Å². The molecule has 0 atom stereocenters. The molecule has 2 aromatic carbocycles. The average molecular weight is 478 g/mol. The Morgan fingerprint density at radius 3 is 2.41 bits per heavy atom. The highest BCUT2D eigenvalue weighted by Crippen LogP contribution is 2.30. The van der Waals surface area contributed by atoms with Crippen LogP contribution in [0.2, 0.25) is 0 Å². The van der Waals surface area contributed by atoms with Crippen molar-refractivity contribution in [3.05, 3.63) is 59.8 Å². The summed E-state index contributed by atoms with van der Waals surface area (Å²) in [6.07, 6.45) is 2.97. The zero-order valence-corrected chi connectivity index (χ0v) is 21.0. The monoisotopic (exact) mass is 477 g/mol. The molecule has 1 N–H and O–H groups in total. The normalized spacial score (nSPS) is 11.4. The molecule has 0 radical (unpaired) electrons. The molecule has 2 amide bonds. The van der Waals surface area contributed by atoms with E-state index in [1.54, 1.807) is 30.5 Å². The van der Waals surface area contributed by atoms with Gasteiger partial charge in [0, 0.05) is 43.5 Å². The SMILES string of the molecule is CCN(CC)CCCN(C)C(=O)c1ccc2c(c1)sc1nc(-c3ccc(C(=O)NC)cc3)cn12. The van der Waals surface area contributed by atoms with Gasteiger partial charge < -0.3 is 15.1 Å². The van der Waals surface area contributed by atoms with Gasteiger partial charge in [0.05, 0.1) is 15.9 Å². The average Bonchev–Trinajstić information content (AvgIpc) is 3.43. The third-order valence-electron chi connectivity index (χ3n) is 6.22. The second-order valence-corrected chi connectivity index (χ2v) is 9.34. The number of rotatable bonds is 9. The van der Waals surface area contributed by atoms with E-state index in [-0.39, 0.29) is 11.8 Å². The lowest BCUT2D eigenvalue weighted by Crippen LogP contribution is -2.31. The van der Waals surface area contributed by atoms with Crippen LogP contribution < -0.4 is 5.32 Å². The summed E-state index contributed by atoms with van der Waals surface area (Å²) >= 11 is 1.57. The summed E-state index contributed by atoms with van der Waals surface area (Å²) in [4.78, 5) is 34.6. The fraction of sp³-hybridized carbons (Fsp3) is 0.346. The van der Waals surface area contributed by atoms with Gasteiger partial charge in [-0.3, -0.25) is 14.0 Å². The predicted molar refractivity (Wildman–Crippen MR) is 139 cm³/mol. The number of imidazole rings is 1. The van der Waals surface area contributed by atoms with E-state index < -0.39 is 0 Å². The van der Waals surface area contributed by atoms with Crippen LogP contribution in [0.1, 0.15) is 41.0 Å². The molecule has 0 aliphatic carbocycles. The fourth-order valence-electron chi connectivity index (χ4n) is 4.10. The molecule has 2 heterocycles. The number of thiazole rings is 1. The first-order valence-electron chi connectivity index (χ1n) is 11.7. The quantitative estimate of drug-likeness (QED) is 0.388. The number of hydrogen-bond acceptors (Lipinski definition) is 5. The van der Waals surface area contributed by atoms with Crippen molar-refractivity contribution in [2.45, 2.75) is 20.3 Å². The van der Waals surface area contributed by atoms with Crippen molar-refractivity contribution in [2.24, 2.45) is 0 Å². The molecule has 0 aliphatic heterocycles. The topological polar surface area (TPSA) is 69.9 Å². The van der Waals surface area contributed by atoms with E-state index in [1.807, 2.05) is 48.5 Å². The summed E-state index contributed by atoms with van der Waals surface area (Å²) < 4.78 is 3.09. The molecular formula is C26H31N5O2S. The molecule has 0 saturated heterocycles. The summed E-state index contributed by atoms with van der Waals surface area (Å²) in [5.74, 6) is -0.0624. The first-order valence-corrected chi connectivity index (χ1v) is 12.5. The molecule has 178 valence electrons. The number of fused-ring (bicyclic) bond motifs is 3. The van der Waals surface area contributed by atoms with E-state index in [9.17, 15) is 9.59 Å². The molecule has 7 nitrogen and oxygen atoms in total. The third-order valence-corrected chi connectivity index (χ3v) is 7.24. The van der Waals surface area contributed by atoms with Crippen LogP contribution in [0.4, 0.5) is 0 Å². The van der Waals surface area contributed by atoms with Crippen molar-refractivity contribution in [1.29, 1.82) is 0 Å². The van der Waals surface area contributed by atoms with Crippen LogP contribution in [-0.2, 0) is 0 Å². The largest absolute Gasteiger partial charge is 0.355 e. The number of benzene rings is 2. The maximum Gasteiger partial charge on any atom is 0.253 e. The highest BCUT2D eigenvalue weighted by molar-refractivity contribution is 7.23. The van der Waals surface area contributed by atoms with Crippen molar-refractivity contribution in [2.75, 3.05) is 40.3 Å². The van der Waals surface area contributed by atoms with E-state index in [1.165, 1.54) is 0 Å². The van der Waals surface area contributed by atoms with Crippen molar-refractivity contribution in [1.82, 2.24) is 24.5 Å². The Balaban J connectivity index is 1.50. The minimum absolute atomic E-state index is 0.0457. The number of hydrogen-bond donors (Lipinski definition) is 1. The van der Waals surface area contributed by atoms with Crippen molar-refractivity contribution < 1.29 is 9.59 Å². The van der Waals surface area contributed by atoms with Crippen LogP contribution in [0.3, 0.4) is 0 Å². The Morgan fingerprint density at radius 2 is 1.74 bits per heavy atom. The molecule has 8 heteroatoms. The maximum absolute atomic E-state index is 13.0. The molecule has 0 saturated carbocycles. The number of nitrogens with one attached hydrogen (secondary N) is 1. The summed E-state index contributed by atoms with van der Waals surface area (Å²) in [7, 11) is 3.49. The lowest BCUT2D eigenvalue weighted by atomic mass is 10.1. The van der Waals surface area contributed by atoms with Gasteiger partial charge in [0.25, 0.3) is 11.8 Å². The molecule has 0 aliphatic rings. The standard InChI is InChI=1S/C26H31N5O2S/c1-5-30(6-2)15-7-14-29(4)25(33)20-12-13-22-23(16-20)34-26-28-21(17-31(22)26)18-8-10-19(11-9-18)24(32)27-3/h8-13,16-17H,5-7,14-15H2,1-4H3,(H,27,32). The molecule has 34 heavy (non-hydrogen) atoms. The lowest BCUT2D eigenvalue weighted by molar-refractivity contribution is 0.0789. The summed E-state index contributed by atoms with van der Waals surface area (Å²) in [5, 5.41) is 2.63. The molecule has 0 unspecified atom stereocenters. The summed E-state index contributed by atoms with van der Waals surface area (Å²) in [6, 6.07) is 13.3. The second-order valence-electron chi connectivity index (χ2n) is 8.33. The van der Waals surface area contributed by atoms with E-state index in [2.05, 4.69) is 28.5 Å². The number of amides is 2. The molecule has 4 aromatic rings. The Labute approximate surface area is 204 Å². The number of aromatic nitrogens is 2. The van der Waals surface area contributed by atoms with Gasteiger partial charge in [0.1, 0.15) is 0 Å². The van der Waals surface area contributed by atoms with Gasteiger partial charge >= 0.3 is 0 Å². The molecule has 0 spiro atoms. The van der Waals surface area contributed by atoms with Gasteiger partial charge in [-0.2, -0.15) is 0 Å². The zero-order valence-electron chi connectivity index (χ0n) is 20.2. The van der Waals surface area contributed by atoms with Gasteiger partial charge in [0.15, 0.2) is 4.96 Å². The highest BCUT2D eigenvalue weighted by Gasteiger charge is 2.16. The minimum Gasteiger partial charge on any atom is -0.355 e. The van der Waals surface area contributed by atoms with Crippen LogP contribution in [0, 0.1) is 0 Å².